The fourth-order valence-electron chi connectivity index (χ4n) is 4.43. The van der Waals surface area contributed by atoms with Gasteiger partial charge >= 0.3 is 5.97 Å². The topological polar surface area (TPSA) is 71.6 Å². The molecule has 1 amide bonds. The second kappa shape index (κ2) is 7.59. The Kier molecular flexibility index (Phi) is 5.15. The molecule has 0 spiro atoms. The van der Waals surface area contributed by atoms with Gasteiger partial charge in [0.15, 0.2) is 6.10 Å². The minimum atomic E-state index is -0.819. The lowest BCUT2D eigenvalue weighted by molar-refractivity contribution is -0.151. The number of hydrogen-bond donors (Lipinski definition) is 1. The molecule has 1 aromatic heterocycles. The van der Waals surface area contributed by atoms with Crippen LogP contribution in [0, 0.1) is 0 Å². The third kappa shape index (κ3) is 3.65. The SMILES string of the molecule is C[C@@H]1CN(C(=O)[C@H](C)OC(=O)c2ccc3[nH]c4c(c3c2)CCCC4)C[C@@H](C)O1. The van der Waals surface area contributed by atoms with Crippen molar-refractivity contribution in [3.63, 3.8) is 0 Å². The predicted octanol–water partition coefficient (Wildman–Crippen LogP) is 3.23. The number of benzene rings is 1. The van der Waals surface area contributed by atoms with Gasteiger partial charge in [-0.3, -0.25) is 4.79 Å². The van der Waals surface area contributed by atoms with Crippen molar-refractivity contribution >= 4 is 22.8 Å². The molecule has 0 unspecified atom stereocenters. The first-order chi connectivity index (χ1) is 13.4. The number of amides is 1. The molecule has 0 saturated carbocycles. The number of hydrogen-bond acceptors (Lipinski definition) is 4. The molecule has 0 bridgehead atoms. The van der Waals surface area contributed by atoms with Crippen molar-refractivity contribution in [3.8, 4) is 0 Å². The number of aromatic amines is 1. The molecule has 2 heterocycles. The molecule has 4 rings (SSSR count). The summed E-state index contributed by atoms with van der Waals surface area (Å²) in [6, 6.07) is 5.60. The van der Waals surface area contributed by atoms with Crippen LogP contribution in [0.25, 0.3) is 10.9 Å². The number of fused-ring (bicyclic) bond motifs is 3. The van der Waals surface area contributed by atoms with E-state index in [9.17, 15) is 9.59 Å². The maximum atomic E-state index is 12.7. The Balaban J connectivity index is 1.47. The van der Waals surface area contributed by atoms with Gasteiger partial charge in [-0.2, -0.15) is 0 Å². The first kappa shape index (κ1) is 19.0. The molecule has 2 aromatic rings. The Morgan fingerprint density at radius 2 is 1.89 bits per heavy atom. The van der Waals surface area contributed by atoms with E-state index in [1.165, 1.54) is 24.1 Å². The molecule has 1 aliphatic carbocycles. The molecule has 1 fully saturated rings. The minimum Gasteiger partial charge on any atom is -0.449 e. The van der Waals surface area contributed by atoms with Crippen molar-refractivity contribution in [2.45, 2.75) is 64.8 Å². The van der Waals surface area contributed by atoms with Crippen molar-refractivity contribution in [2.24, 2.45) is 0 Å². The first-order valence-corrected chi connectivity index (χ1v) is 10.2. The minimum absolute atomic E-state index is 0.0159. The molecule has 3 atom stereocenters. The third-order valence-electron chi connectivity index (χ3n) is 5.70. The average Bonchev–Trinajstić information content (AvgIpc) is 3.04. The van der Waals surface area contributed by atoms with Crippen molar-refractivity contribution in [1.82, 2.24) is 9.88 Å². The second-order valence-electron chi connectivity index (χ2n) is 8.10. The van der Waals surface area contributed by atoms with Crippen molar-refractivity contribution in [2.75, 3.05) is 13.1 Å². The van der Waals surface area contributed by atoms with Gasteiger partial charge in [-0.05, 0) is 70.2 Å². The van der Waals surface area contributed by atoms with Gasteiger partial charge in [0.05, 0.1) is 17.8 Å². The van der Waals surface area contributed by atoms with Gasteiger partial charge in [0.2, 0.25) is 0 Å². The molecular formula is C22H28N2O4. The van der Waals surface area contributed by atoms with Crippen LogP contribution in [0.1, 0.15) is 55.2 Å². The summed E-state index contributed by atoms with van der Waals surface area (Å²) in [5, 5.41) is 1.10. The van der Waals surface area contributed by atoms with Crippen LogP contribution in [-0.2, 0) is 27.1 Å². The molecule has 6 nitrogen and oxygen atoms in total. The van der Waals surface area contributed by atoms with Crippen LogP contribution in [-0.4, -0.2) is 53.2 Å². The van der Waals surface area contributed by atoms with Crippen molar-refractivity contribution < 1.29 is 19.1 Å². The molecule has 150 valence electrons. The molecule has 6 heteroatoms. The molecule has 1 saturated heterocycles. The summed E-state index contributed by atoms with van der Waals surface area (Å²) in [5.41, 5.74) is 4.15. The number of aryl methyl sites for hydroxylation is 2. The number of carbonyl (C=O) groups is 2. The molecule has 28 heavy (non-hydrogen) atoms. The van der Waals surface area contributed by atoms with Crippen LogP contribution in [0.2, 0.25) is 0 Å². The van der Waals surface area contributed by atoms with E-state index in [0.717, 1.165) is 23.7 Å². The van der Waals surface area contributed by atoms with Crippen LogP contribution >= 0.6 is 0 Å². The Bertz CT molecular complexity index is 893. The summed E-state index contributed by atoms with van der Waals surface area (Å²) >= 11 is 0. The number of nitrogens with one attached hydrogen (secondary N) is 1. The zero-order chi connectivity index (χ0) is 19.8. The summed E-state index contributed by atoms with van der Waals surface area (Å²) in [6.07, 6.45) is 3.63. The van der Waals surface area contributed by atoms with Crippen LogP contribution in [0.5, 0.6) is 0 Å². The first-order valence-electron chi connectivity index (χ1n) is 10.2. The van der Waals surface area contributed by atoms with Gasteiger partial charge in [-0.25, -0.2) is 4.79 Å². The number of aromatic nitrogens is 1. The smallest absolute Gasteiger partial charge is 0.338 e. The van der Waals surface area contributed by atoms with Gasteiger partial charge < -0.3 is 19.4 Å². The Hall–Kier alpha value is -2.34. The summed E-state index contributed by atoms with van der Waals surface area (Å²) in [7, 11) is 0. The van der Waals surface area contributed by atoms with Crippen LogP contribution < -0.4 is 0 Å². The summed E-state index contributed by atoms with van der Waals surface area (Å²) in [4.78, 5) is 30.6. The average molecular weight is 384 g/mol. The van der Waals surface area contributed by atoms with Gasteiger partial charge in [0, 0.05) is 29.7 Å². The third-order valence-corrected chi connectivity index (χ3v) is 5.70. The maximum Gasteiger partial charge on any atom is 0.338 e. The lowest BCUT2D eigenvalue weighted by Gasteiger charge is -2.36. The number of esters is 1. The van der Waals surface area contributed by atoms with E-state index in [0.29, 0.717) is 18.7 Å². The fraction of sp³-hybridized carbons (Fsp3) is 0.545. The van der Waals surface area contributed by atoms with Crippen LogP contribution in [0.15, 0.2) is 18.2 Å². The lowest BCUT2D eigenvalue weighted by atomic mass is 9.95. The summed E-state index contributed by atoms with van der Waals surface area (Å²) in [5.74, 6) is -0.627. The maximum absolute atomic E-state index is 12.7. The van der Waals surface area contributed by atoms with E-state index in [1.807, 2.05) is 26.0 Å². The van der Waals surface area contributed by atoms with Gasteiger partial charge in [-0.1, -0.05) is 0 Å². The zero-order valence-corrected chi connectivity index (χ0v) is 16.8. The standard InChI is InChI=1S/C22H28N2O4/c1-13-11-24(12-14(2)27-13)21(25)15(3)28-22(26)16-8-9-20-18(10-16)17-6-4-5-7-19(17)23-20/h8-10,13-15,23H,4-7,11-12H2,1-3H3/t13-,14-,15+/m1/s1. The normalized spacial score (nSPS) is 23.3. The van der Waals surface area contributed by atoms with Crippen molar-refractivity contribution in [3.05, 3.63) is 35.0 Å². The Morgan fingerprint density at radius 3 is 2.64 bits per heavy atom. The molecule has 2 aliphatic rings. The van der Waals surface area contributed by atoms with Crippen LogP contribution in [0.4, 0.5) is 0 Å². The molecule has 0 radical (unpaired) electrons. The number of ether oxygens (including phenoxy) is 2. The lowest BCUT2D eigenvalue weighted by Crippen LogP contribution is -2.51. The number of H-pyrrole nitrogens is 1. The molecule has 1 N–H and O–H groups in total. The highest BCUT2D eigenvalue weighted by atomic mass is 16.5. The molecule has 1 aliphatic heterocycles. The van der Waals surface area contributed by atoms with E-state index < -0.39 is 12.1 Å². The predicted molar refractivity (Wildman–Crippen MR) is 106 cm³/mol. The van der Waals surface area contributed by atoms with Crippen molar-refractivity contribution in [1.29, 1.82) is 0 Å². The van der Waals surface area contributed by atoms with Gasteiger partial charge in [0.25, 0.3) is 5.91 Å². The van der Waals surface area contributed by atoms with E-state index in [4.69, 9.17) is 9.47 Å². The Morgan fingerprint density at radius 1 is 1.18 bits per heavy atom. The number of carbonyl (C=O) groups excluding carboxylic acids is 2. The number of rotatable bonds is 3. The van der Waals surface area contributed by atoms with Crippen LogP contribution in [0.3, 0.4) is 0 Å². The zero-order valence-electron chi connectivity index (χ0n) is 16.8. The van der Waals surface area contributed by atoms with Gasteiger partial charge in [-0.15, -0.1) is 0 Å². The van der Waals surface area contributed by atoms with E-state index in [-0.39, 0.29) is 18.1 Å². The largest absolute Gasteiger partial charge is 0.449 e. The number of nitrogens with zero attached hydrogens (tertiary/aromatic N) is 1. The van der Waals surface area contributed by atoms with E-state index >= 15 is 0 Å². The monoisotopic (exact) mass is 384 g/mol. The highest BCUT2D eigenvalue weighted by molar-refractivity contribution is 5.97. The van der Waals surface area contributed by atoms with E-state index in [1.54, 1.807) is 17.9 Å². The van der Waals surface area contributed by atoms with E-state index in [2.05, 4.69) is 4.98 Å². The fourth-order valence-corrected chi connectivity index (χ4v) is 4.43. The van der Waals surface area contributed by atoms with Gasteiger partial charge in [0.1, 0.15) is 0 Å². The second-order valence-corrected chi connectivity index (χ2v) is 8.10. The highest BCUT2D eigenvalue weighted by Gasteiger charge is 2.30. The Labute approximate surface area is 165 Å². The quantitative estimate of drug-likeness (QED) is 0.825. The summed E-state index contributed by atoms with van der Waals surface area (Å²) < 4.78 is 11.2. The molecular weight excluding hydrogens is 356 g/mol. The number of morpholine rings is 1. The highest BCUT2D eigenvalue weighted by Crippen LogP contribution is 2.30. The molecule has 1 aromatic carbocycles. The summed E-state index contributed by atoms with van der Waals surface area (Å²) in [6.45, 7) is 6.57.